The lowest BCUT2D eigenvalue weighted by molar-refractivity contribution is -0.141. The number of nitrogens with zero attached hydrogens (tertiary/aromatic N) is 4. The third kappa shape index (κ3) is 4.37. The first-order chi connectivity index (χ1) is 13.7. The zero-order valence-electron chi connectivity index (χ0n) is 15.5. The SMILES string of the molecule is O=C(CCC(=O)N1CCN2[C@@H](COC[C@@H]2c2ccccc2)C1)Nc1nncs1. The van der Waals surface area contributed by atoms with Gasteiger partial charge in [0.25, 0.3) is 0 Å². The zero-order valence-corrected chi connectivity index (χ0v) is 16.3. The van der Waals surface area contributed by atoms with Crippen molar-refractivity contribution < 1.29 is 14.3 Å². The summed E-state index contributed by atoms with van der Waals surface area (Å²) in [6.45, 7) is 3.44. The van der Waals surface area contributed by atoms with Crippen LogP contribution in [0.25, 0.3) is 0 Å². The fraction of sp³-hybridized carbons (Fsp3) is 0.474. The molecule has 8 nitrogen and oxygen atoms in total. The van der Waals surface area contributed by atoms with E-state index >= 15 is 0 Å². The number of aromatic nitrogens is 2. The molecule has 2 amide bonds. The molecule has 0 spiro atoms. The minimum absolute atomic E-state index is 0.00824. The second kappa shape index (κ2) is 8.76. The van der Waals surface area contributed by atoms with Crippen LogP contribution in [0.5, 0.6) is 0 Å². The topological polar surface area (TPSA) is 87.7 Å². The second-order valence-corrected chi connectivity index (χ2v) is 7.82. The number of nitrogens with one attached hydrogen (secondary N) is 1. The van der Waals surface area contributed by atoms with Crippen molar-refractivity contribution in [1.29, 1.82) is 0 Å². The summed E-state index contributed by atoms with van der Waals surface area (Å²) in [5.74, 6) is -0.206. The number of amides is 2. The fourth-order valence-electron chi connectivity index (χ4n) is 3.82. The van der Waals surface area contributed by atoms with E-state index in [0.29, 0.717) is 31.4 Å². The first kappa shape index (κ1) is 19.0. The maximum atomic E-state index is 12.6. The molecule has 148 valence electrons. The summed E-state index contributed by atoms with van der Waals surface area (Å²) in [6, 6.07) is 10.8. The number of carbonyl (C=O) groups excluding carboxylic acids is 2. The minimum Gasteiger partial charge on any atom is -0.378 e. The van der Waals surface area contributed by atoms with Gasteiger partial charge in [-0.15, -0.1) is 10.2 Å². The molecule has 0 bridgehead atoms. The molecule has 2 aromatic rings. The highest BCUT2D eigenvalue weighted by molar-refractivity contribution is 7.13. The lowest BCUT2D eigenvalue weighted by atomic mass is 10.00. The van der Waals surface area contributed by atoms with Crippen molar-refractivity contribution in [1.82, 2.24) is 20.0 Å². The summed E-state index contributed by atoms with van der Waals surface area (Å²) in [5.41, 5.74) is 2.80. The molecule has 2 aliphatic rings. The van der Waals surface area contributed by atoms with E-state index in [4.69, 9.17) is 4.74 Å². The van der Waals surface area contributed by atoms with E-state index in [1.165, 1.54) is 16.9 Å². The van der Waals surface area contributed by atoms with Crippen LogP contribution in [0.4, 0.5) is 5.13 Å². The maximum Gasteiger partial charge on any atom is 0.226 e. The predicted molar refractivity (Wildman–Crippen MR) is 105 cm³/mol. The molecule has 2 fully saturated rings. The third-order valence-corrected chi connectivity index (χ3v) is 5.83. The molecule has 0 aliphatic carbocycles. The number of hydrogen-bond donors (Lipinski definition) is 1. The van der Waals surface area contributed by atoms with Crippen molar-refractivity contribution in [3.05, 3.63) is 41.4 Å². The van der Waals surface area contributed by atoms with Crippen LogP contribution in [-0.4, -0.2) is 70.7 Å². The smallest absolute Gasteiger partial charge is 0.226 e. The van der Waals surface area contributed by atoms with Gasteiger partial charge >= 0.3 is 0 Å². The van der Waals surface area contributed by atoms with E-state index in [0.717, 1.165) is 6.54 Å². The Balaban J connectivity index is 1.29. The van der Waals surface area contributed by atoms with Crippen molar-refractivity contribution in [2.45, 2.75) is 24.9 Å². The molecular weight excluding hydrogens is 378 g/mol. The van der Waals surface area contributed by atoms with E-state index in [9.17, 15) is 9.59 Å². The molecular formula is C19H23N5O3S. The van der Waals surface area contributed by atoms with Crippen LogP contribution in [0, 0.1) is 0 Å². The molecule has 0 unspecified atom stereocenters. The highest BCUT2D eigenvalue weighted by atomic mass is 32.1. The molecule has 1 N–H and O–H groups in total. The molecule has 28 heavy (non-hydrogen) atoms. The Labute approximate surface area is 167 Å². The van der Waals surface area contributed by atoms with Gasteiger partial charge in [0.2, 0.25) is 16.9 Å². The molecule has 2 aliphatic heterocycles. The molecule has 1 aromatic carbocycles. The van der Waals surface area contributed by atoms with Gasteiger partial charge in [-0.3, -0.25) is 14.5 Å². The Kier molecular flexibility index (Phi) is 5.94. The molecule has 1 aromatic heterocycles. The van der Waals surface area contributed by atoms with Gasteiger partial charge in [0, 0.05) is 32.5 Å². The number of morpholine rings is 1. The molecule has 2 atom stereocenters. The minimum atomic E-state index is -0.214. The van der Waals surface area contributed by atoms with Crippen LogP contribution in [0.3, 0.4) is 0 Å². The summed E-state index contributed by atoms with van der Waals surface area (Å²) >= 11 is 1.26. The lowest BCUT2D eigenvalue weighted by Gasteiger charge is -2.48. The molecule has 0 radical (unpaired) electrons. The van der Waals surface area contributed by atoms with Crippen molar-refractivity contribution in [2.24, 2.45) is 0 Å². The highest BCUT2D eigenvalue weighted by Crippen LogP contribution is 2.29. The second-order valence-electron chi connectivity index (χ2n) is 6.99. The monoisotopic (exact) mass is 401 g/mol. The van der Waals surface area contributed by atoms with Gasteiger partial charge in [-0.25, -0.2) is 0 Å². The van der Waals surface area contributed by atoms with Crippen LogP contribution >= 0.6 is 11.3 Å². The van der Waals surface area contributed by atoms with E-state index < -0.39 is 0 Å². The normalized spacial score (nSPS) is 22.5. The Hall–Kier alpha value is -2.36. The Morgan fingerprint density at radius 1 is 1.18 bits per heavy atom. The van der Waals surface area contributed by atoms with Crippen LogP contribution < -0.4 is 5.32 Å². The Morgan fingerprint density at radius 2 is 2.04 bits per heavy atom. The van der Waals surface area contributed by atoms with Gasteiger partial charge in [-0.1, -0.05) is 41.7 Å². The first-order valence-electron chi connectivity index (χ1n) is 9.43. The van der Waals surface area contributed by atoms with Gasteiger partial charge in [0.05, 0.1) is 25.3 Å². The molecule has 2 saturated heterocycles. The number of benzene rings is 1. The number of ether oxygens (including phenoxy) is 1. The highest BCUT2D eigenvalue weighted by Gasteiger charge is 2.37. The van der Waals surface area contributed by atoms with E-state index in [2.05, 4.69) is 32.5 Å². The van der Waals surface area contributed by atoms with Crippen LogP contribution in [0.1, 0.15) is 24.4 Å². The van der Waals surface area contributed by atoms with E-state index in [1.807, 2.05) is 23.1 Å². The standard InChI is InChI=1S/C19H23N5O3S/c25-17(21-19-22-20-13-28-19)6-7-18(26)23-8-9-24-15(10-23)11-27-12-16(24)14-4-2-1-3-5-14/h1-5,13,15-16H,6-12H2,(H,21,22,25)/t15-,16-/m1/s1. The van der Waals surface area contributed by atoms with Crippen molar-refractivity contribution in [3.8, 4) is 0 Å². The van der Waals surface area contributed by atoms with Crippen LogP contribution in [0.2, 0.25) is 0 Å². The summed E-state index contributed by atoms with van der Waals surface area (Å²) in [4.78, 5) is 28.9. The number of piperazine rings is 1. The zero-order chi connectivity index (χ0) is 19.3. The summed E-state index contributed by atoms with van der Waals surface area (Å²) in [7, 11) is 0. The van der Waals surface area contributed by atoms with Crippen molar-refractivity contribution in [2.75, 3.05) is 38.2 Å². The summed E-state index contributed by atoms with van der Waals surface area (Å²) in [5, 5.41) is 10.6. The van der Waals surface area contributed by atoms with E-state index in [-0.39, 0.29) is 36.7 Å². The first-order valence-corrected chi connectivity index (χ1v) is 10.3. The molecule has 0 saturated carbocycles. The summed E-state index contributed by atoms with van der Waals surface area (Å²) < 4.78 is 5.84. The number of anilines is 1. The van der Waals surface area contributed by atoms with Crippen molar-refractivity contribution >= 4 is 28.3 Å². The van der Waals surface area contributed by atoms with Gasteiger partial charge in [-0.05, 0) is 5.56 Å². The average Bonchev–Trinajstić information content (AvgIpc) is 3.24. The predicted octanol–water partition coefficient (Wildman–Crippen LogP) is 1.54. The van der Waals surface area contributed by atoms with Gasteiger partial charge in [0.15, 0.2) is 0 Å². The number of rotatable bonds is 5. The Morgan fingerprint density at radius 3 is 2.82 bits per heavy atom. The van der Waals surface area contributed by atoms with Gasteiger partial charge in [-0.2, -0.15) is 0 Å². The van der Waals surface area contributed by atoms with Crippen LogP contribution in [0.15, 0.2) is 35.8 Å². The number of carbonyl (C=O) groups is 2. The largest absolute Gasteiger partial charge is 0.378 e. The number of hydrogen-bond acceptors (Lipinski definition) is 7. The van der Waals surface area contributed by atoms with E-state index in [1.54, 1.807) is 5.51 Å². The quantitative estimate of drug-likeness (QED) is 0.818. The van der Waals surface area contributed by atoms with Crippen molar-refractivity contribution in [3.63, 3.8) is 0 Å². The van der Waals surface area contributed by atoms with Gasteiger partial charge < -0.3 is 15.0 Å². The summed E-state index contributed by atoms with van der Waals surface area (Å²) in [6.07, 6.45) is 0.340. The number of fused-ring (bicyclic) bond motifs is 1. The Bertz CT molecular complexity index is 801. The molecule has 3 heterocycles. The maximum absolute atomic E-state index is 12.6. The van der Waals surface area contributed by atoms with Gasteiger partial charge in [0.1, 0.15) is 5.51 Å². The third-order valence-electron chi connectivity index (χ3n) is 5.22. The molecule has 9 heteroatoms. The fourth-order valence-corrected chi connectivity index (χ4v) is 4.28. The average molecular weight is 401 g/mol. The van der Waals surface area contributed by atoms with Crippen LogP contribution in [-0.2, 0) is 14.3 Å². The lowest BCUT2D eigenvalue weighted by Crippen LogP contribution is -2.60. The molecule has 4 rings (SSSR count).